The molecule has 4 fully saturated rings. The molecule has 4 aliphatic heterocycles. The highest BCUT2D eigenvalue weighted by molar-refractivity contribution is 6.68. The lowest BCUT2D eigenvalue weighted by Gasteiger charge is -2.32. The summed E-state index contributed by atoms with van der Waals surface area (Å²) in [6.07, 6.45) is 0. The minimum absolute atomic E-state index is 0.359. The molecule has 0 unspecified atom stereocenters. The van der Waals surface area contributed by atoms with Gasteiger partial charge in [-0.05, 0) is 360 Å². The third-order valence-corrected chi connectivity index (χ3v) is 32.4. The molecule has 8 heterocycles. The van der Waals surface area contributed by atoms with E-state index in [-0.39, 0.29) is 29.5 Å². The van der Waals surface area contributed by atoms with E-state index in [1.807, 2.05) is 0 Å². The molecule has 0 radical (unpaired) electrons. The Balaban J connectivity index is 0.000000101. The number of hydrogen-bond donors (Lipinski definition) is 0. The molecule has 0 saturated carbocycles. The van der Waals surface area contributed by atoms with Gasteiger partial charge in [0.05, 0.1) is 44.8 Å². The molecule has 0 atom stereocenters. The van der Waals surface area contributed by atoms with Gasteiger partial charge in [0.25, 0.3) is 0 Å². The minimum atomic E-state index is -0.461. The first-order chi connectivity index (χ1) is 69.2. The molecule has 24 aromatic rings. The van der Waals surface area contributed by atoms with E-state index in [2.05, 4.69) is 475 Å². The molecule has 0 amide bonds. The molecule has 0 bridgehead atoms. The van der Waals surface area contributed by atoms with Gasteiger partial charge in [-0.1, -0.05) is 267 Å². The molecule has 4 aromatic heterocycles. The largest absolute Gasteiger partial charge is 0.496 e. The fourth-order valence-corrected chi connectivity index (χ4v) is 21.5. The van der Waals surface area contributed by atoms with Gasteiger partial charge in [0, 0.05) is 43.1 Å². The number of furan rings is 4. The number of rotatable bonds is 8. The van der Waals surface area contributed by atoms with Crippen molar-refractivity contribution in [2.45, 2.75) is 156 Å². The van der Waals surface area contributed by atoms with Crippen molar-refractivity contribution in [3.8, 4) is 44.5 Å². The Morgan fingerprint density at radius 2 is 0.493 bits per heavy atom. The highest BCUT2D eigenvalue weighted by atomic mass is 16.7. The lowest BCUT2D eigenvalue weighted by molar-refractivity contribution is 0.00578. The Labute approximate surface area is 837 Å². The smallest absolute Gasteiger partial charge is 0.456 e. The SMILES string of the molecule is CC1(C)OB(c2c(-c3ccc4oc5cc6ccccc6cc5c4c3)ccc3ccccc23)OC1(C)C.CC1(C)OB(c2cc(-c3cccc4oc5cc6ccccc6cc5c34)cc3ccccc23)OC1(C)C.CC1(C)OB(c2ccc(-c3ccc4oc5cc6ccccc6cc5c4c3)c3ccccc23)OC1(C)C.CC1(C)OB(c2ccc3c(-c4ccc5oc6cc7ccccc7cc6c5c4)cccc3c2)OC1(C)C. The molecule has 704 valence electrons. The van der Waals surface area contributed by atoms with Crippen LogP contribution in [0.5, 0.6) is 0 Å². The maximum absolute atomic E-state index is 6.57. The van der Waals surface area contributed by atoms with Crippen LogP contribution < -0.4 is 21.9 Å². The quantitative estimate of drug-likeness (QED) is 0.134. The van der Waals surface area contributed by atoms with Crippen molar-refractivity contribution in [1.82, 2.24) is 0 Å². The molecular formula is C128H108B4O12. The summed E-state index contributed by atoms with van der Waals surface area (Å²) in [5, 5.41) is 28.0. The van der Waals surface area contributed by atoms with Gasteiger partial charge in [-0.3, -0.25) is 0 Å². The number of fused-ring (bicyclic) bond motifs is 20. The van der Waals surface area contributed by atoms with Gasteiger partial charge in [-0.15, -0.1) is 0 Å². The summed E-state index contributed by atoms with van der Waals surface area (Å²) in [6.45, 7) is 33.5. The van der Waals surface area contributed by atoms with Crippen molar-refractivity contribution in [2.24, 2.45) is 0 Å². The van der Waals surface area contributed by atoms with Crippen LogP contribution in [0.4, 0.5) is 0 Å². The predicted octanol–water partition coefficient (Wildman–Crippen LogP) is 31.4. The second-order valence-electron chi connectivity index (χ2n) is 43.4. The third kappa shape index (κ3) is 15.4. The van der Waals surface area contributed by atoms with Crippen molar-refractivity contribution < 1.29 is 54.9 Å². The fraction of sp³-hybridized carbons (Fsp3) is 0.188. The van der Waals surface area contributed by atoms with Gasteiger partial charge in [0.2, 0.25) is 0 Å². The summed E-state index contributed by atoms with van der Waals surface area (Å²) in [5.41, 5.74) is 17.6. The Hall–Kier alpha value is -14.4. The van der Waals surface area contributed by atoms with Gasteiger partial charge in [-0.25, -0.2) is 0 Å². The molecule has 12 nitrogen and oxygen atoms in total. The molecular weight excluding hydrogens is 1770 g/mol. The van der Waals surface area contributed by atoms with E-state index in [1.165, 1.54) is 81.3 Å². The standard InChI is InChI=1S/4C32H27BO3/c1-31(2)32(3,4)36-33(35-31)27-18-23(16-22-12-7-8-13-24(22)27)25-14-9-15-28-30(25)26-17-20-10-5-6-11-21(20)19-29(26)34-28;1-31(2)32(3,4)36-33(35-31)30-24-12-8-7-9-20(24)13-15-25(30)23-14-16-28-26(18-23)27-17-21-10-5-6-11-22(21)19-29(27)34-28;1-31(2)32(3,4)36-33(35-31)28-15-14-23(24-11-7-8-12-25(24)28)22-13-16-29-26(18-22)27-17-20-9-5-6-10-21(20)19-30(27)34-29;1-31(2)32(3,4)36-33(35-31)24-13-14-26-22(16-24)10-7-11-25(26)23-12-15-29-27(18-23)28-17-20-8-5-6-9-21(20)19-30(28)34-29/h4*5-19H,1-4H3. The lowest BCUT2D eigenvalue weighted by Crippen LogP contribution is -2.41. The van der Waals surface area contributed by atoms with E-state index in [9.17, 15) is 0 Å². The lowest BCUT2D eigenvalue weighted by atomic mass is 9.71. The van der Waals surface area contributed by atoms with Crippen LogP contribution >= 0.6 is 0 Å². The van der Waals surface area contributed by atoms with E-state index in [4.69, 9.17) is 54.9 Å². The van der Waals surface area contributed by atoms with Crippen molar-refractivity contribution in [3.05, 3.63) is 364 Å². The second kappa shape index (κ2) is 33.6. The van der Waals surface area contributed by atoms with Crippen LogP contribution in [0.1, 0.15) is 111 Å². The Kier molecular flexibility index (Phi) is 21.2. The molecule has 0 N–H and O–H groups in total. The van der Waals surface area contributed by atoms with Crippen LogP contribution in [0.15, 0.2) is 382 Å². The third-order valence-electron chi connectivity index (χ3n) is 32.4. The molecule has 16 heteroatoms. The van der Waals surface area contributed by atoms with Crippen LogP contribution in [0.3, 0.4) is 0 Å². The van der Waals surface area contributed by atoms with Crippen molar-refractivity contribution in [1.29, 1.82) is 0 Å². The summed E-state index contributed by atoms with van der Waals surface area (Å²) in [5.74, 6) is 0. The summed E-state index contributed by atoms with van der Waals surface area (Å²) < 4.78 is 76.6. The second-order valence-corrected chi connectivity index (χ2v) is 43.4. The topological polar surface area (TPSA) is 126 Å². The van der Waals surface area contributed by atoms with Crippen molar-refractivity contribution in [3.63, 3.8) is 0 Å². The number of benzene rings is 20. The first kappa shape index (κ1) is 90.9. The maximum Gasteiger partial charge on any atom is 0.496 e. The zero-order chi connectivity index (χ0) is 98.6. The summed E-state index contributed by atoms with van der Waals surface area (Å²) in [4.78, 5) is 0. The molecule has 28 rings (SSSR count). The Morgan fingerprint density at radius 1 is 0.160 bits per heavy atom. The van der Waals surface area contributed by atoms with Gasteiger partial charge in [-0.2, -0.15) is 0 Å². The van der Waals surface area contributed by atoms with E-state index in [0.29, 0.717) is 0 Å². The molecule has 4 aliphatic rings. The highest BCUT2D eigenvalue weighted by Crippen LogP contribution is 2.48. The van der Waals surface area contributed by atoms with Crippen LogP contribution in [0.2, 0.25) is 0 Å². The molecule has 0 aliphatic carbocycles. The van der Waals surface area contributed by atoms with Gasteiger partial charge >= 0.3 is 28.5 Å². The maximum atomic E-state index is 6.57. The zero-order valence-electron chi connectivity index (χ0n) is 83.8. The van der Waals surface area contributed by atoms with Gasteiger partial charge in [0.15, 0.2) is 0 Å². The molecule has 0 spiro atoms. The van der Waals surface area contributed by atoms with Crippen LogP contribution in [0, 0.1) is 0 Å². The van der Waals surface area contributed by atoms with Gasteiger partial charge in [0.1, 0.15) is 44.7 Å². The average Bonchev–Trinajstić information content (AvgIpc) is 1.57. The molecule has 4 saturated heterocycles. The molecule has 20 aromatic carbocycles. The van der Waals surface area contributed by atoms with Gasteiger partial charge < -0.3 is 54.9 Å². The summed E-state index contributed by atoms with van der Waals surface area (Å²) >= 11 is 0. The van der Waals surface area contributed by atoms with Crippen molar-refractivity contribution in [2.75, 3.05) is 0 Å². The highest BCUT2D eigenvalue weighted by Gasteiger charge is 2.56. The van der Waals surface area contributed by atoms with Crippen LogP contribution in [-0.2, 0) is 37.2 Å². The van der Waals surface area contributed by atoms with Crippen molar-refractivity contribution >= 4 is 224 Å². The summed E-state index contributed by atoms with van der Waals surface area (Å²) in [6, 6.07) is 129. The van der Waals surface area contributed by atoms with E-state index in [1.54, 1.807) is 0 Å². The Bertz CT molecular complexity index is 9330. The van der Waals surface area contributed by atoms with E-state index < -0.39 is 43.8 Å². The first-order valence-electron chi connectivity index (χ1n) is 50.1. The predicted molar refractivity (Wildman–Crippen MR) is 600 cm³/mol. The first-order valence-corrected chi connectivity index (χ1v) is 50.1. The van der Waals surface area contributed by atoms with E-state index in [0.717, 1.165) is 159 Å². The normalized spacial score (nSPS) is 17.1. The average molecular weight is 1880 g/mol. The monoisotopic (exact) mass is 1880 g/mol. The van der Waals surface area contributed by atoms with Crippen LogP contribution in [0.25, 0.3) is 218 Å². The molecule has 144 heavy (non-hydrogen) atoms. The fourth-order valence-electron chi connectivity index (χ4n) is 21.5. The summed E-state index contributed by atoms with van der Waals surface area (Å²) in [7, 11) is -1.67. The zero-order valence-corrected chi connectivity index (χ0v) is 83.8. The van der Waals surface area contributed by atoms with Crippen LogP contribution in [-0.4, -0.2) is 73.3 Å². The minimum Gasteiger partial charge on any atom is -0.456 e. The van der Waals surface area contributed by atoms with E-state index >= 15 is 0 Å². The Morgan fingerprint density at radius 3 is 0.972 bits per heavy atom. The number of hydrogen-bond acceptors (Lipinski definition) is 12.